The van der Waals surface area contributed by atoms with E-state index in [1.165, 1.54) is 7.11 Å². The van der Waals surface area contributed by atoms with Crippen LogP contribution in [0.4, 0.5) is 0 Å². The standard InChI is InChI=1S/C13H25N3O3/c1-10(3-6-14)13(18)15-11-4-7-16(8-5-11)12(17)9-19-2/h10-11H,3-9,14H2,1-2H3,(H,15,18). The summed E-state index contributed by atoms with van der Waals surface area (Å²) in [5.74, 6) is 0.0362. The summed E-state index contributed by atoms with van der Waals surface area (Å²) in [6.45, 7) is 3.90. The van der Waals surface area contributed by atoms with Gasteiger partial charge in [0.15, 0.2) is 0 Å². The van der Waals surface area contributed by atoms with Gasteiger partial charge >= 0.3 is 0 Å². The molecule has 1 rings (SSSR count). The summed E-state index contributed by atoms with van der Waals surface area (Å²) < 4.78 is 4.83. The maximum Gasteiger partial charge on any atom is 0.248 e. The fourth-order valence-corrected chi connectivity index (χ4v) is 2.21. The number of piperidine rings is 1. The Bertz CT molecular complexity index is 302. The second-order valence-corrected chi connectivity index (χ2v) is 5.08. The number of methoxy groups -OCH3 is 1. The van der Waals surface area contributed by atoms with Gasteiger partial charge < -0.3 is 20.7 Å². The average Bonchev–Trinajstić information content (AvgIpc) is 2.40. The molecule has 19 heavy (non-hydrogen) atoms. The molecule has 0 spiro atoms. The molecule has 1 unspecified atom stereocenters. The fourth-order valence-electron chi connectivity index (χ4n) is 2.21. The van der Waals surface area contributed by atoms with Crippen molar-refractivity contribution in [3.63, 3.8) is 0 Å². The van der Waals surface area contributed by atoms with Crippen LogP contribution in [0.3, 0.4) is 0 Å². The van der Waals surface area contributed by atoms with Crippen molar-refractivity contribution in [3.05, 3.63) is 0 Å². The molecular weight excluding hydrogens is 246 g/mol. The first-order valence-electron chi connectivity index (χ1n) is 6.85. The first-order valence-corrected chi connectivity index (χ1v) is 6.85. The Hall–Kier alpha value is -1.14. The lowest BCUT2D eigenvalue weighted by atomic mass is 10.0. The maximum absolute atomic E-state index is 11.9. The molecule has 0 aromatic heterocycles. The molecule has 1 aliphatic heterocycles. The minimum absolute atomic E-state index is 0.0174. The predicted octanol–water partition coefficient (Wildman–Crippen LogP) is -0.275. The average molecular weight is 271 g/mol. The summed E-state index contributed by atoms with van der Waals surface area (Å²) >= 11 is 0. The molecule has 1 aliphatic rings. The van der Waals surface area contributed by atoms with Crippen LogP contribution in [-0.2, 0) is 14.3 Å². The third-order valence-electron chi connectivity index (χ3n) is 3.51. The molecule has 0 aromatic rings. The number of carbonyl (C=O) groups excluding carboxylic acids is 2. The van der Waals surface area contributed by atoms with Crippen LogP contribution in [0.5, 0.6) is 0 Å². The van der Waals surface area contributed by atoms with Crippen molar-refractivity contribution >= 4 is 11.8 Å². The van der Waals surface area contributed by atoms with Gasteiger partial charge in [0.05, 0.1) is 0 Å². The molecule has 0 aromatic carbocycles. The topological polar surface area (TPSA) is 84.7 Å². The van der Waals surface area contributed by atoms with Gasteiger partial charge in [0.25, 0.3) is 0 Å². The van der Waals surface area contributed by atoms with E-state index in [2.05, 4.69) is 5.32 Å². The molecule has 6 heteroatoms. The van der Waals surface area contributed by atoms with Gasteiger partial charge in [0, 0.05) is 32.2 Å². The highest BCUT2D eigenvalue weighted by atomic mass is 16.5. The molecule has 1 fully saturated rings. The first-order chi connectivity index (χ1) is 9.08. The largest absolute Gasteiger partial charge is 0.375 e. The van der Waals surface area contributed by atoms with Crippen molar-refractivity contribution in [2.45, 2.75) is 32.2 Å². The molecule has 0 saturated carbocycles. The lowest BCUT2D eigenvalue weighted by molar-refractivity contribution is -0.136. The number of nitrogens with zero attached hydrogens (tertiary/aromatic N) is 1. The zero-order chi connectivity index (χ0) is 14.3. The van der Waals surface area contributed by atoms with Crippen LogP contribution >= 0.6 is 0 Å². The molecule has 110 valence electrons. The Morgan fingerprint density at radius 1 is 1.42 bits per heavy atom. The van der Waals surface area contributed by atoms with E-state index in [9.17, 15) is 9.59 Å². The van der Waals surface area contributed by atoms with Gasteiger partial charge in [-0.3, -0.25) is 9.59 Å². The molecule has 3 N–H and O–H groups in total. The van der Waals surface area contributed by atoms with E-state index in [-0.39, 0.29) is 30.4 Å². The number of ether oxygens (including phenoxy) is 1. The van der Waals surface area contributed by atoms with Gasteiger partial charge in [-0.05, 0) is 25.8 Å². The monoisotopic (exact) mass is 271 g/mol. The molecule has 6 nitrogen and oxygen atoms in total. The highest BCUT2D eigenvalue weighted by molar-refractivity contribution is 5.79. The van der Waals surface area contributed by atoms with Crippen LogP contribution < -0.4 is 11.1 Å². The van der Waals surface area contributed by atoms with E-state index in [1.807, 2.05) is 6.92 Å². The summed E-state index contributed by atoms with van der Waals surface area (Å²) in [4.78, 5) is 25.3. The van der Waals surface area contributed by atoms with Crippen molar-refractivity contribution in [1.82, 2.24) is 10.2 Å². The number of hydrogen-bond donors (Lipinski definition) is 2. The first kappa shape index (κ1) is 15.9. The molecule has 0 bridgehead atoms. The van der Waals surface area contributed by atoms with Gasteiger partial charge in [-0.1, -0.05) is 6.92 Å². The Morgan fingerprint density at radius 3 is 2.58 bits per heavy atom. The number of nitrogens with one attached hydrogen (secondary N) is 1. The van der Waals surface area contributed by atoms with E-state index in [4.69, 9.17) is 10.5 Å². The number of nitrogens with two attached hydrogens (primary N) is 1. The Balaban J connectivity index is 2.30. The highest BCUT2D eigenvalue weighted by Crippen LogP contribution is 2.12. The Kier molecular flexibility index (Phi) is 6.80. The van der Waals surface area contributed by atoms with Crippen LogP contribution in [0.25, 0.3) is 0 Å². The summed E-state index contributed by atoms with van der Waals surface area (Å²) in [5.41, 5.74) is 5.44. The quantitative estimate of drug-likeness (QED) is 0.696. The predicted molar refractivity (Wildman–Crippen MR) is 72.5 cm³/mol. The second kappa shape index (κ2) is 8.12. The zero-order valence-corrected chi connectivity index (χ0v) is 11.9. The minimum Gasteiger partial charge on any atom is -0.375 e. The highest BCUT2D eigenvalue weighted by Gasteiger charge is 2.24. The van der Waals surface area contributed by atoms with Crippen LogP contribution in [-0.4, -0.2) is 56.1 Å². The molecule has 1 atom stereocenters. The summed E-state index contributed by atoms with van der Waals surface area (Å²) in [7, 11) is 1.52. The van der Waals surface area contributed by atoms with Gasteiger partial charge in [-0.25, -0.2) is 0 Å². The second-order valence-electron chi connectivity index (χ2n) is 5.08. The van der Waals surface area contributed by atoms with Gasteiger partial charge in [-0.15, -0.1) is 0 Å². The molecule has 1 saturated heterocycles. The Labute approximate surface area is 114 Å². The van der Waals surface area contributed by atoms with Crippen molar-refractivity contribution < 1.29 is 14.3 Å². The van der Waals surface area contributed by atoms with E-state index in [0.717, 1.165) is 12.8 Å². The van der Waals surface area contributed by atoms with Crippen molar-refractivity contribution in [1.29, 1.82) is 0 Å². The lowest BCUT2D eigenvalue weighted by Gasteiger charge is -2.32. The number of amides is 2. The number of rotatable bonds is 6. The van der Waals surface area contributed by atoms with E-state index in [1.54, 1.807) is 4.90 Å². The number of hydrogen-bond acceptors (Lipinski definition) is 4. The molecular formula is C13H25N3O3. The molecule has 0 aliphatic carbocycles. The summed E-state index contributed by atoms with van der Waals surface area (Å²) in [6.07, 6.45) is 2.31. The van der Waals surface area contributed by atoms with Crippen LogP contribution in [0.2, 0.25) is 0 Å². The smallest absolute Gasteiger partial charge is 0.248 e. The van der Waals surface area contributed by atoms with Gasteiger partial charge in [0.2, 0.25) is 11.8 Å². The zero-order valence-electron chi connectivity index (χ0n) is 11.9. The molecule has 2 amide bonds. The van der Waals surface area contributed by atoms with E-state index >= 15 is 0 Å². The third kappa shape index (κ3) is 5.16. The SMILES string of the molecule is COCC(=O)N1CCC(NC(=O)C(C)CCN)CC1. The summed E-state index contributed by atoms with van der Waals surface area (Å²) in [5, 5.41) is 3.03. The van der Waals surface area contributed by atoms with E-state index in [0.29, 0.717) is 26.1 Å². The molecule has 1 heterocycles. The van der Waals surface area contributed by atoms with Gasteiger partial charge in [0.1, 0.15) is 6.61 Å². The lowest BCUT2D eigenvalue weighted by Crippen LogP contribution is -2.48. The van der Waals surface area contributed by atoms with Crippen LogP contribution in [0, 0.1) is 5.92 Å². The van der Waals surface area contributed by atoms with Crippen molar-refractivity contribution in [3.8, 4) is 0 Å². The van der Waals surface area contributed by atoms with Crippen molar-refractivity contribution in [2.24, 2.45) is 11.7 Å². The van der Waals surface area contributed by atoms with Crippen LogP contribution in [0.15, 0.2) is 0 Å². The normalized spacial score (nSPS) is 18.2. The van der Waals surface area contributed by atoms with E-state index < -0.39 is 0 Å². The van der Waals surface area contributed by atoms with Gasteiger partial charge in [-0.2, -0.15) is 0 Å². The number of carbonyl (C=O) groups is 2. The van der Waals surface area contributed by atoms with Crippen LogP contribution in [0.1, 0.15) is 26.2 Å². The Morgan fingerprint density at radius 2 is 2.05 bits per heavy atom. The number of likely N-dealkylation sites (tertiary alicyclic amines) is 1. The fraction of sp³-hybridized carbons (Fsp3) is 0.846. The minimum atomic E-state index is -0.0434. The van der Waals surface area contributed by atoms with Crippen molar-refractivity contribution in [2.75, 3.05) is 33.4 Å². The molecule has 0 radical (unpaired) electrons. The summed E-state index contributed by atoms with van der Waals surface area (Å²) in [6, 6.07) is 0.166. The maximum atomic E-state index is 11.9. The third-order valence-corrected chi connectivity index (χ3v) is 3.51.